The molecule has 0 aromatic heterocycles. The Hall–Kier alpha value is -2.24. The van der Waals surface area contributed by atoms with Crippen molar-refractivity contribution in [1.82, 2.24) is 10.2 Å². The maximum atomic E-state index is 12.0. The van der Waals surface area contributed by atoms with Crippen LogP contribution in [0.1, 0.15) is 24.2 Å². The van der Waals surface area contributed by atoms with Crippen molar-refractivity contribution in [3.05, 3.63) is 23.8 Å². The van der Waals surface area contributed by atoms with Crippen molar-refractivity contribution < 1.29 is 9.59 Å². The van der Waals surface area contributed by atoms with Crippen molar-refractivity contribution in [2.24, 2.45) is 0 Å². The molecule has 0 spiro atoms. The fourth-order valence-electron chi connectivity index (χ4n) is 1.68. The minimum Gasteiger partial charge on any atom is -0.399 e. The third-order valence-corrected chi connectivity index (χ3v) is 2.57. The zero-order chi connectivity index (χ0) is 15.3. The molecule has 0 aliphatic rings. The highest BCUT2D eigenvalue weighted by Crippen LogP contribution is 2.20. The van der Waals surface area contributed by atoms with E-state index in [0.717, 1.165) is 0 Å². The quantitative estimate of drug-likeness (QED) is 0.699. The molecule has 0 fully saturated rings. The van der Waals surface area contributed by atoms with Crippen molar-refractivity contribution >= 4 is 23.2 Å². The molecule has 4 N–H and O–H groups in total. The maximum absolute atomic E-state index is 12.0. The van der Waals surface area contributed by atoms with Crippen LogP contribution in [0.2, 0.25) is 0 Å². The van der Waals surface area contributed by atoms with Gasteiger partial charge in [-0.25, -0.2) is 0 Å². The minimum atomic E-state index is -0.142. The minimum absolute atomic E-state index is 0.0769. The first kappa shape index (κ1) is 15.8. The standard InChI is InChI=1S/C14H22N4O2/c1-9(2)17-13(19)8-16-12-7-10(15)5-6-11(12)14(20)18(3)4/h5-7,9,16H,8,15H2,1-4H3,(H,17,19). The van der Waals surface area contributed by atoms with Crippen molar-refractivity contribution in [2.45, 2.75) is 19.9 Å². The second-order valence-electron chi connectivity index (χ2n) is 5.08. The number of nitrogen functional groups attached to an aromatic ring is 1. The van der Waals surface area contributed by atoms with Crippen LogP contribution in [-0.2, 0) is 4.79 Å². The van der Waals surface area contributed by atoms with E-state index in [2.05, 4.69) is 10.6 Å². The van der Waals surface area contributed by atoms with Crippen LogP contribution >= 0.6 is 0 Å². The smallest absolute Gasteiger partial charge is 0.255 e. The van der Waals surface area contributed by atoms with E-state index in [1.54, 1.807) is 32.3 Å². The summed E-state index contributed by atoms with van der Waals surface area (Å²) in [5, 5.41) is 5.73. The second-order valence-corrected chi connectivity index (χ2v) is 5.08. The molecule has 1 aromatic rings. The van der Waals surface area contributed by atoms with Gasteiger partial charge in [-0.1, -0.05) is 0 Å². The highest BCUT2D eigenvalue weighted by Gasteiger charge is 2.14. The summed E-state index contributed by atoms with van der Waals surface area (Å²) in [6.45, 7) is 3.87. The third-order valence-electron chi connectivity index (χ3n) is 2.57. The van der Waals surface area contributed by atoms with Gasteiger partial charge < -0.3 is 21.3 Å². The molecular formula is C14H22N4O2. The van der Waals surface area contributed by atoms with E-state index in [9.17, 15) is 9.59 Å². The van der Waals surface area contributed by atoms with Gasteiger partial charge in [0.2, 0.25) is 5.91 Å². The number of benzene rings is 1. The molecule has 0 saturated carbocycles. The lowest BCUT2D eigenvalue weighted by molar-refractivity contribution is -0.119. The second kappa shape index (κ2) is 6.79. The molecule has 0 aliphatic carbocycles. The molecule has 0 heterocycles. The fourth-order valence-corrected chi connectivity index (χ4v) is 1.68. The predicted octanol–water partition coefficient (Wildman–Crippen LogP) is 0.907. The van der Waals surface area contributed by atoms with E-state index < -0.39 is 0 Å². The molecule has 110 valence electrons. The summed E-state index contributed by atoms with van der Waals surface area (Å²) in [7, 11) is 3.35. The van der Waals surface area contributed by atoms with Gasteiger partial charge in [0, 0.05) is 31.5 Å². The number of anilines is 2. The summed E-state index contributed by atoms with van der Waals surface area (Å²) in [5.74, 6) is -0.276. The van der Waals surface area contributed by atoms with Crippen LogP contribution in [0.15, 0.2) is 18.2 Å². The average Bonchev–Trinajstić information content (AvgIpc) is 2.34. The van der Waals surface area contributed by atoms with Crippen LogP contribution in [0.25, 0.3) is 0 Å². The van der Waals surface area contributed by atoms with Crippen LogP contribution in [0.5, 0.6) is 0 Å². The molecule has 0 radical (unpaired) electrons. The van der Waals surface area contributed by atoms with E-state index in [1.165, 1.54) is 4.90 Å². The SMILES string of the molecule is CC(C)NC(=O)CNc1cc(N)ccc1C(=O)N(C)C. The van der Waals surface area contributed by atoms with E-state index in [-0.39, 0.29) is 24.4 Å². The highest BCUT2D eigenvalue weighted by molar-refractivity contribution is 6.00. The zero-order valence-corrected chi connectivity index (χ0v) is 12.4. The number of carbonyl (C=O) groups is 2. The lowest BCUT2D eigenvalue weighted by Gasteiger charge is -2.16. The van der Waals surface area contributed by atoms with E-state index in [0.29, 0.717) is 16.9 Å². The Morgan fingerprint density at radius 1 is 1.30 bits per heavy atom. The number of nitrogens with two attached hydrogens (primary N) is 1. The lowest BCUT2D eigenvalue weighted by Crippen LogP contribution is -2.35. The molecule has 0 aliphatic heterocycles. The normalized spacial score (nSPS) is 10.2. The Kier molecular flexibility index (Phi) is 5.37. The summed E-state index contributed by atoms with van der Waals surface area (Å²) in [5.41, 5.74) is 7.31. The maximum Gasteiger partial charge on any atom is 0.255 e. The average molecular weight is 278 g/mol. The molecule has 0 atom stereocenters. The summed E-state index contributed by atoms with van der Waals surface area (Å²) >= 11 is 0. The molecule has 6 heteroatoms. The number of hydrogen-bond donors (Lipinski definition) is 3. The van der Waals surface area contributed by atoms with Crippen molar-refractivity contribution in [3.8, 4) is 0 Å². The Balaban J connectivity index is 2.85. The van der Waals surface area contributed by atoms with Gasteiger partial charge in [0.1, 0.15) is 0 Å². The van der Waals surface area contributed by atoms with Gasteiger partial charge >= 0.3 is 0 Å². The number of hydrogen-bond acceptors (Lipinski definition) is 4. The van der Waals surface area contributed by atoms with Gasteiger partial charge in [0.05, 0.1) is 12.1 Å². The summed E-state index contributed by atoms with van der Waals surface area (Å²) in [4.78, 5) is 25.1. The largest absolute Gasteiger partial charge is 0.399 e. The Morgan fingerprint density at radius 3 is 2.50 bits per heavy atom. The number of carbonyl (C=O) groups excluding carboxylic acids is 2. The molecule has 0 unspecified atom stereocenters. The van der Waals surface area contributed by atoms with E-state index in [4.69, 9.17) is 5.73 Å². The van der Waals surface area contributed by atoms with Crippen LogP contribution in [-0.4, -0.2) is 43.4 Å². The Bertz CT molecular complexity index is 498. The molecule has 0 bridgehead atoms. The van der Waals surface area contributed by atoms with Crippen LogP contribution in [0.4, 0.5) is 11.4 Å². The summed E-state index contributed by atoms with van der Waals surface area (Å²) in [6.07, 6.45) is 0. The van der Waals surface area contributed by atoms with E-state index in [1.807, 2.05) is 13.8 Å². The topological polar surface area (TPSA) is 87.5 Å². The van der Waals surface area contributed by atoms with Gasteiger partial charge in [0.25, 0.3) is 5.91 Å². The van der Waals surface area contributed by atoms with Gasteiger partial charge in [0.15, 0.2) is 0 Å². The van der Waals surface area contributed by atoms with Crippen molar-refractivity contribution in [2.75, 3.05) is 31.7 Å². The van der Waals surface area contributed by atoms with Crippen LogP contribution < -0.4 is 16.4 Å². The van der Waals surface area contributed by atoms with Gasteiger partial charge in [-0.2, -0.15) is 0 Å². The summed E-state index contributed by atoms with van der Waals surface area (Å²) < 4.78 is 0. The molecule has 20 heavy (non-hydrogen) atoms. The Morgan fingerprint density at radius 2 is 1.95 bits per heavy atom. The molecular weight excluding hydrogens is 256 g/mol. The number of nitrogens with zero attached hydrogens (tertiary/aromatic N) is 1. The highest BCUT2D eigenvalue weighted by atomic mass is 16.2. The lowest BCUT2D eigenvalue weighted by atomic mass is 10.1. The third kappa shape index (κ3) is 4.46. The van der Waals surface area contributed by atoms with Crippen LogP contribution in [0.3, 0.4) is 0 Å². The monoisotopic (exact) mass is 278 g/mol. The molecule has 1 aromatic carbocycles. The van der Waals surface area contributed by atoms with Crippen LogP contribution in [0, 0.1) is 0 Å². The van der Waals surface area contributed by atoms with Gasteiger partial charge in [-0.3, -0.25) is 9.59 Å². The summed E-state index contributed by atoms with van der Waals surface area (Å²) in [6, 6.07) is 5.04. The van der Waals surface area contributed by atoms with Crippen molar-refractivity contribution in [3.63, 3.8) is 0 Å². The zero-order valence-electron chi connectivity index (χ0n) is 12.4. The molecule has 1 rings (SSSR count). The number of nitrogens with one attached hydrogen (secondary N) is 2. The number of amides is 2. The number of rotatable bonds is 5. The first-order chi connectivity index (χ1) is 9.31. The molecule has 2 amide bonds. The first-order valence-electron chi connectivity index (χ1n) is 6.45. The fraction of sp³-hybridized carbons (Fsp3) is 0.429. The Labute approximate surface area is 119 Å². The molecule has 0 saturated heterocycles. The molecule has 6 nitrogen and oxygen atoms in total. The first-order valence-corrected chi connectivity index (χ1v) is 6.45. The van der Waals surface area contributed by atoms with Gasteiger partial charge in [-0.05, 0) is 32.0 Å². The predicted molar refractivity (Wildman–Crippen MR) is 80.6 cm³/mol. The van der Waals surface area contributed by atoms with E-state index >= 15 is 0 Å². The van der Waals surface area contributed by atoms with Gasteiger partial charge in [-0.15, -0.1) is 0 Å². The van der Waals surface area contributed by atoms with Crippen molar-refractivity contribution in [1.29, 1.82) is 0 Å².